The number of carboxylic acid groups (broad SMARTS) is 1. The first-order valence-electron chi connectivity index (χ1n) is 8.51. The summed E-state index contributed by atoms with van der Waals surface area (Å²) in [5, 5.41) is 11.1. The van der Waals surface area contributed by atoms with Crippen LogP contribution in [0.5, 0.6) is 0 Å². The van der Waals surface area contributed by atoms with E-state index in [4.69, 9.17) is 29.0 Å². The Morgan fingerprint density at radius 1 is 0.963 bits per heavy atom. The number of benzene rings is 2. The third-order valence-electron chi connectivity index (χ3n) is 4.53. The van der Waals surface area contributed by atoms with Gasteiger partial charge in [-0.1, -0.05) is 54.6 Å². The summed E-state index contributed by atoms with van der Waals surface area (Å²) >= 11 is 11.6. The van der Waals surface area contributed by atoms with Gasteiger partial charge >= 0.3 is 5.97 Å². The zero-order chi connectivity index (χ0) is 19.9. The molecule has 0 saturated heterocycles. The smallest absolute Gasteiger partial charge is 0.325 e. The highest BCUT2D eigenvalue weighted by atomic mass is 35.5. The van der Waals surface area contributed by atoms with Crippen LogP contribution in [0.1, 0.15) is 27.9 Å². The van der Waals surface area contributed by atoms with E-state index >= 15 is 0 Å². The topological polar surface area (TPSA) is 83.6 Å². The molecule has 0 radical (unpaired) electrons. The van der Waals surface area contributed by atoms with Gasteiger partial charge in [0, 0.05) is 35.9 Å². The number of carboxylic acids is 1. The van der Waals surface area contributed by atoms with Crippen LogP contribution in [0.3, 0.4) is 0 Å². The van der Waals surface area contributed by atoms with Crippen molar-refractivity contribution in [3.05, 3.63) is 71.3 Å². The van der Waals surface area contributed by atoms with Gasteiger partial charge in [0.15, 0.2) is 5.78 Å². The third-order valence-corrected chi connectivity index (χ3v) is 4.89. The number of rotatable bonds is 10. The first kappa shape index (κ1) is 21.4. The zero-order valence-corrected chi connectivity index (χ0v) is 16.3. The second-order valence-corrected chi connectivity index (χ2v) is 6.98. The minimum Gasteiger partial charge on any atom is -0.480 e. The van der Waals surface area contributed by atoms with E-state index < -0.39 is 11.5 Å². The van der Waals surface area contributed by atoms with Crippen molar-refractivity contribution in [1.29, 1.82) is 0 Å². The maximum atomic E-state index is 12.5. The molecule has 0 aliphatic rings. The molecule has 2 aromatic carbocycles. The summed E-state index contributed by atoms with van der Waals surface area (Å²) < 4.78 is 0. The van der Waals surface area contributed by atoms with Crippen molar-refractivity contribution in [3.63, 3.8) is 0 Å². The lowest BCUT2D eigenvalue weighted by Crippen LogP contribution is -2.60. The molecule has 144 valence electrons. The number of ketones is 1. The fourth-order valence-corrected chi connectivity index (χ4v) is 3.46. The lowest BCUT2D eigenvalue weighted by atomic mass is 9.86. The van der Waals surface area contributed by atoms with Gasteiger partial charge < -0.3 is 5.11 Å². The monoisotopic (exact) mass is 408 g/mol. The van der Waals surface area contributed by atoms with Gasteiger partial charge in [-0.05, 0) is 12.0 Å². The largest absolute Gasteiger partial charge is 0.480 e. The number of carbonyl (C=O) groups excluding carboxylic acids is 1. The lowest BCUT2D eigenvalue weighted by Gasteiger charge is -2.37. The molecule has 0 fully saturated rings. The molecular weight excluding hydrogens is 387 g/mol. The van der Waals surface area contributed by atoms with Gasteiger partial charge in [-0.25, -0.2) is 5.01 Å². The van der Waals surface area contributed by atoms with E-state index in [0.717, 1.165) is 5.56 Å². The van der Waals surface area contributed by atoms with E-state index in [0.29, 0.717) is 11.1 Å². The number of hydrogen-bond donors (Lipinski definition) is 2. The summed E-state index contributed by atoms with van der Waals surface area (Å²) in [4.78, 5) is 24.5. The Morgan fingerprint density at radius 2 is 1.56 bits per heavy atom. The van der Waals surface area contributed by atoms with E-state index in [9.17, 15) is 14.7 Å². The highest BCUT2D eigenvalue weighted by Crippen LogP contribution is 2.25. The van der Waals surface area contributed by atoms with Crippen LogP contribution in [-0.4, -0.2) is 45.7 Å². The van der Waals surface area contributed by atoms with Crippen LogP contribution in [0.2, 0.25) is 0 Å². The second-order valence-electron chi connectivity index (χ2n) is 6.23. The van der Waals surface area contributed by atoms with Crippen LogP contribution in [0.25, 0.3) is 0 Å². The molecule has 0 unspecified atom stereocenters. The van der Waals surface area contributed by atoms with Crippen LogP contribution < -0.4 is 5.84 Å². The van der Waals surface area contributed by atoms with Crippen molar-refractivity contribution >= 4 is 35.0 Å². The standard InChI is InChI=1S/C20H22Cl2N2O3/c21-11-10-20(19(26)27,24(23)13-12-22)14-15-6-8-17(9-7-15)18(25)16-4-2-1-3-5-16/h1-9H,10-14,23H2,(H,26,27)/t20-/m0/s1. The molecule has 2 rings (SSSR count). The molecule has 0 aliphatic carbocycles. The summed E-state index contributed by atoms with van der Waals surface area (Å²) in [6.07, 6.45) is 0.324. The predicted octanol–water partition coefficient (Wildman–Crippen LogP) is 3.33. The van der Waals surface area contributed by atoms with Gasteiger partial charge in [0.25, 0.3) is 0 Å². The van der Waals surface area contributed by atoms with Gasteiger partial charge in [-0.15, -0.1) is 23.2 Å². The quantitative estimate of drug-likeness (QED) is 0.272. The van der Waals surface area contributed by atoms with Crippen molar-refractivity contribution in [2.24, 2.45) is 5.84 Å². The number of nitrogens with two attached hydrogens (primary N) is 1. The molecule has 0 saturated carbocycles. The van der Waals surface area contributed by atoms with Crippen LogP contribution in [-0.2, 0) is 11.2 Å². The van der Waals surface area contributed by atoms with E-state index in [1.165, 1.54) is 5.01 Å². The Labute approximate surface area is 168 Å². The highest BCUT2D eigenvalue weighted by Gasteiger charge is 2.42. The molecule has 0 bridgehead atoms. The van der Waals surface area contributed by atoms with E-state index in [2.05, 4.69) is 0 Å². The SMILES string of the molecule is NN(CCCl)[C@@](CCCl)(Cc1ccc(C(=O)c2ccccc2)cc1)C(=O)O. The second kappa shape index (κ2) is 9.85. The third kappa shape index (κ3) is 5.08. The minimum absolute atomic E-state index is 0.0880. The van der Waals surface area contributed by atoms with Crippen molar-refractivity contribution in [2.75, 3.05) is 18.3 Å². The van der Waals surface area contributed by atoms with Gasteiger partial charge in [0.2, 0.25) is 0 Å². The van der Waals surface area contributed by atoms with E-state index in [-0.39, 0.29) is 36.9 Å². The van der Waals surface area contributed by atoms with Gasteiger partial charge in [-0.3, -0.25) is 15.4 Å². The van der Waals surface area contributed by atoms with Gasteiger partial charge in [-0.2, -0.15) is 0 Å². The van der Waals surface area contributed by atoms with Crippen molar-refractivity contribution in [1.82, 2.24) is 5.01 Å². The summed E-state index contributed by atoms with van der Waals surface area (Å²) in [6, 6.07) is 15.9. The van der Waals surface area contributed by atoms with Crippen LogP contribution in [0.15, 0.2) is 54.6 Å². The maximum Gasteiger partial charge on any atom is 0.325 e. The van der Waals surface area contributed by atoms with Crippen LogP contribution >= 0.6 is 23.2 Å². The summed E-state index contributed by atoms with van der Waals surface area (Å²) in [6.45, 7) is 0.218. The van der Waals surface area contributed by atoms with Gasteiger partial charge in [0.1, 0.15) is 5.54 Å². The predicted molar refractivity (Wildman–Crippen MR) is 107 cm³/mol. The van der Waals surface area contributed by atoms with Crippen molar-refractivity contribution in [2.45, 2.75) is 18.4 Å². The number of hydrazine groups is 1. The normalized spacial score (nSPS) is 13.3. The van der Waals surface area contributed by atoms with Crippen molar-refractivity contribution < 1.29 is 14.7 Å². The average molecular weight is 409 g/mol. The summed E-state index contributed by atoms with van der Waals surface area (Å²) in [5.41, 5.74) is 0.523. The number of carbonyl (C=O) groups is 2. The Morgan fingerprint density at radius 3 is 2.07 bits per heavy atom. The molecule has 2 aromatic rings. The minimum atomic E-state index is -1.36. The molecule has 27 heavy (non-hydrogen) atoms. The molecule has 1 atom stereocenters. The molecule has 0 amide bonds. The molecule has 5 nitrogen and oxygen atoms in total. The summed E-state index contributed by atoms with van der Waals surface area (Å²) in [5.74, 6) is 5.22. The maximum absolute atomic E-state index is 12.5. The molecule has 0 aromatic heterocycles. The lowest BCUT2D eigenvalue weighted by molar-refractivity contribution is -0.152. The molecule has 0 spiro atoms. The Balaban J connectivity index is 2.26. The molecule has 0 aliphatic heterocycles. The molecular formula is C20H22Cl2N2O3. The van der Waals surface area contributed by atoms with Crippen molar-refractivity contribution in [3.8, 4) is 0 Å². The number of halogens is 2. The number of hydrogen-bond acceptors (Lipinski definition) is 4. The fraction of sp³-hybridized carbons (Fsp3) is 0.300. The average Bonchev–Trinajstić information content (AvgIpc) is 2.68. The zero-order valence-electron chi connectivity index (χ0n) is 14.8. The van der Waals surface area contributed by atoms with E-state index in [1.54, 1.807) is 36.4 Å². The first-order chi connectivity index (χ1) is 12.9. The van der Waals surface area contributed by atoms with Gasteiger partial charge in [0.05, 0.1) is 0 Å². The Kier molecular flexibility index (Phi) is 7.80. The highest BCUT2D eigenvalue weighted by molar-refractivity contribution is 6.18. The van der Waals surface area contributed by atoms with Crippen LogP contribution in [0, 0.1) is 0 Å². The molecule has 0 heterocycles. The molecule has 3 N–H and O–H groups in total. The first-order valence-corrected chi connectivity index (χ1v) is 9.58. The number of aliphatic carboxylic acids is 1. The number of nitrogens with zero attached hydrogens (tertiary/aromatic N) is 1. The van der Waals surface area contributed by atoms with Crippen LogP contribution in [0.4, 0.5) is 0 Å². The summed E-state index contributed by atoms with van der Waals surface area (Å²) in [7, 11) is 0. The van der Waals surface area contributed by atoms with E-state index in [1.807, 2.05) is 18.2 Å². The number of alkyl halides is 2. The molecule has 7 heteroatoms. The Bertz CT molecular complexity index is 769. The Hall–Kier alpha value is -1.92. The fourth-order valence-electron chi connectivity index (χ4n) is 2.97.